The Labute approximate surface area is 162 Å². The Kier molecular flexibility index (Phi) is 5.18. The number of rotatable bonds is 4. The molecule has 4 rings (SSSR count). The molecule has 3 heterocycles. The number of carbonyl (C=O) groups excluding carboxylic acids is 1. The Bertz CT molecular complexity index is 903. The minimum Gasteiger partial charge on any atom is -0.355 e. The first-order valence-corrected chi connectivity index (χ1v) is 9.20. The number of piperazine rings is 1. The van der Waals surface area contributed by atoms with Crippen LogP contribution in [-0.2, 0) is 6.54 Å². The van der Waals surface area contributed by atoms with E-state index in [9.17, 15) is 4.79 Å². The number of benzene rings is 1. The van der Waals surface area contributed by atoms with Gasteiger partial charge in [0.2, 0.25) is 0 Å². The van der Waals surface area contributed by atoms with Crippen LogP contribution in [0.25, 0.3) is 11.3 Å². The van der Waals surface area contributed by atoms with Gasteiger partial charge in [-0.15, -0.1) is 0 Å². The number of hydrogen-bond acceptors (Lipinski definition) is 5. The van der Waals surface area contributed by atoms with Gasteiger partial charge < -0.3 is 9.42 Å². The van der Waals surface area contributed by atoms with Crippen molar-refractivity contribution in [3.05, 3.63) is 71.1 Å². The summed E-state index contributed by atoms with van der Waals surface area (Å²) in [6, 6.07) is 13.0. The van der Waals surface area contributed by atoms with Crippen molar-refractivity contribution in [1.82, 2.24) is 19.9 Å². The Morgan fingerprint density at radius 1 is 1.04 bits per heavy atom. The molecule has 1 aliphatic rings. The zero-order valence-corrected chi connectivity index (χ0v) is 15.5. The molecule has 7 heteroatoms. The standard InChI is InChI=1S/C20H19ClN4O2/c21-17-3-1-16(2-4-17)19-13-18(23-27-19)20(26)25-11-9-24(10-12-25)14-15-5-7-22-8-6-15/h1-8,13H,9-12,14H2. The molecule has 0 radical (unpaired) electrons. The van der Waals surface area contributed by atoms with Gasteiger partial charge in [0.25, 0.3) is 5.91 Å². The van der Waals surface area contributed by atoms with Crippen molar-refractivity contribution in [2.24, 2.45) is 0 Å². The molecule has 0 unspecified atom stereocenters. The number of pyridine rings is 1. The Hall–Kier alpha value is -2.70. The monoisotopic (exact) mass is 382 g/mol. The van der Waals surface area contributed by atoms with Crippen LogP contribution in [0.1, 0.15) is 16.1 Å². The fourth-order valence-corrected chi connectivity index (χ4v) is 3.27. The van der Waals surface area contributed by atoms with E-state index in [1.165, 1.54) is 5.56 Å². The third kappa shape index (κ3) is 4.18. The van der Waals surface area contributed by atoms with Crippen molar-refractivity contribution < 1.29 is 9.32 Å². The minimum atomic E-state index is -0.0949. The Morgan fingerprint density at radius 3 is 2.44 bits per heavy atom. The predicted octanol–water partition coefficient (Wildman–Crippen LogP) is 3.35. The maximum Gasteiger partial charge on any atom is 0.276 e. The fraction of sp³-hybridized carbons (Fsp3) is 0.250. The second kappa shape index (κ2) is 7.90. The number of aromatic nitrogens is 2. The summed E-state index contributed by atoms with van der Waals surface area (Å²) >= 11 is 5.91. The highest BCUT2D eigenvalue weighted by molar-refractivity contribution is 6.30. The molecular formula is C20H19ClN4O2. The summed E-state index contributed by atoms with van der Waals surface area (Å²) in [7, 11) is 0. The maximum absolute atomic E-state index is 12.7. The summed E-state index contributed by atoms with van der Waals surface area (Å²) in [6.45, 7) is 3.88. The fourth-order valence-electron chi connectivity index (χ4n) is 3.14. The van der Waals surface area contributed by atoms with Crippen LogP contribution in [0, 0.1) is 0 Å². The molecule has 2 aromatic heterocycles. The SMILES string of the molecule is O=C(c1cc(-c2ccc(Cl)cc2)on1)N1CCN(Cc2ccncc2)CC1. The van der Waals surface area contributed by atoms with E-state index in [-0.39, 0.29) is 5.91 Å². The molecule has 3 aromatic rings. The highest BCUT2D eigenvalue weighted by Gasteiger charge is 2.24. The zero-order chi connectivity index (χ0) is 18.6. The normalized spacial score (nSPS) is 15.1. The van der Waals surface area contributed by atoms with Crippen molar-refractivity contribution >= 4 is 17.5 Å². The zero-order valence-electron chi connectivity index (χ0n) is 14.7. The molecular weight excluding hydrogens is 364 g/mol. The Balaban J connectivity index is 1.36. The van der Waals surface area contributed by atoms with Gasteiger partial charge in [-0.1, -0.05) is 16.8 Å². The summed E-state index contributed by atoms with van der Waals surface area (Å²) in [5.41, 5.74) is 2.41. The molecule has 0 bridgehead atoms. The lowest BCUT2D eigenvalue weighted by molar-refractivity contribution is 0.0618. The highest BCUT2D eigenvalue weighted by Crippen LogP contribution is 2.23. The van der Waals surface area contributed by atoms with Gasteiger partial charge in [0.05, 0.1) is 0 Å². The lowest BCUT2D eigenvalue weighted by atomic mass is 10.1. The van der Waals surface area contributed by atoms with Gasteiger partial charge >= 0.3 is 0 Å². The van der Waals surface area contributed by atoms with Crippen LogP contribution >= 0.6 is 11.6 Å². The number of carbonyl (C=O) groups is 1. The van der Waals surface area contributed by atoms with E-state index in [1.807, 2.05) is 29.2 Å². The largest absolute Gasteiger partial charge is 0.355 e. The summed E-state index contributed by atoms with van der Waals surface area (Å²) in [4.78, 5) is 20.9. The average molecular weight is 383 g/mol. The van der Waals surface area contributed by atoms with Crippen molar-refractivity contribution in [3.8, 4) is 11.3 Å². The van der Waals surface area contributed by atoms with Crippen LogP contribution in [0.3, 0.4) is 0 Å². The summed E-state index contributed by atoms with van der Waals surface area (Å²) in [5, 5.41) is 4.61. The van der Waals surface area contributed by atoms with Crippen LogP contribution in [0.2, 0.25) is 5.02 Å². The number of hydrogen-bond donors (Lipinski definition) is 0. The van der Waals surface area contributed by atoms with E-state index in [2.05, 4.69) is 15.0 Å². The van der Waals surface area contributed by atoms with Crippen LogP contribution in [0.4, 0.5) is 0 Å². The molecule has 1 fully saturated rings. The van der Waals surface area contributed by atoms with Gasteiger partial charge in [-0.3, -0.25) is 14.7 Å². The van der Waals surface area contributed by atoms with Crippen LogP contribution in [0.15, 0.2) is 59.4 Å². The topological polar surface area (TPSA) is 62.5 Å². The maximum atomic E-state index is 12.7. The molecule has 0 atom stereocenters. The van der Waals surface area contributed by atoms with Crippen molar-refractivity contribution in [3.63, 3.8) is 0 Å². The third-order valence-electron chi connectivity index (χ3n) is 4.67. The number of nitrogens with zero attached hydrogens (tertiary/aromatic N) is 4. The van der Waals surface area contributed by atoms with Crippen molar-refractivity contribution in [1.29, 1.82) is 0 Å². The van der Waals surface area contributed by atoms with E-state index in [1.54, 1.807) is 30.6 Å². The quantitative estimate of drug-likeness (QED) is 0.692. The molecule has 0 spiro atoms. The third-order valence-corrected chi connectivity index (χ3v) is 4.93. The van der Waals surface area contributed by atoms with E-state index in [0.29, 0.717) is 29.6 Å². The first kappa shape index (κ1) is 17.7. The molecule has 1 saturated heterocycles. The average Bonchev–Trinajstić information content (AvgIpc) is 3.20. The number of amides is 1. The van der Waals surface area contributed by atoms with Crippen molar-refractivity contribution in [2.45, 2.75) is 6.54 Å². The highest BCUT2D eigenvalue weighted by atomic mass is 35.5. The smallest absolute Gasteiger partial charge is 0.276 e. The van der Waals surface area contributed by atoms with Gasteiger partial charge in [0.1, 0.15) is 0 Å². The summed E-state index contributed by atoms with van der Waals surface area (Å²) < 4.78 is 5.35. The molecule has 6 nitrogen and oxygen atoms in total. The molecule has 27 heavy (non-hydrogen) atoms. The molecule has 1 aromatic carbocycles. The van der Waals surface area contributed by atoms with Crippen LogP contribution in [0.5, 0.6) is 0 Å². The van der Waals surface area contributed by atoms with Gasteiger partial charge in [-0.2, -0.15) is 0 Å². The summed E-state index contributed by atoms with van der Waals surface area (Å²) in [5.74, 6) is 0.467. The van der Waals surface area contributed by atoms with E-state index >= 15 is 0 Å². The van der Waals surface area contributed by atoms with Crippen LogP contribution in [-0.4, -0.2) is 52.0 Å². The van der Waals surface area contributed by atoms with Crippen molar-refractivity contribution in [2.75, 3.05) is 26.2 Å². The molecule has 138 valence electrons. The first-order valence-electron chi connectivity index (χ1n) is 8.82. The predicted molar refractivity (Wildman–Crippen MR) is 102 cm³/mol. The molecule has 0 N–H and O–H groups in total. The first-order chi connectivity index (χ1) is 13.2. The van der Waals surface area contributed by atoms with Gasteiger partial charge in [-0.25, -0.2) is 0 Å². The summed E-state index contributed by atoms with van der Waals surface area (Å²) in [6.07, 6.45) is 3.61. The molecule has 1 amide bonds. The molecule has 1 aliphatic heterocycles. The van der Waals surface area contributed by atoms with Gasteiger partial charge in [0.15, 0.2) is 11.5 Å². The van der Waals surface area contributed by atoms with E-state index in [4.69, 9.17) is 16.1 Å². The Morgan fingerprint density at radius 2 is 1.74 bits per heavy atom. The lowest BCUT2D eigenvalue weighted by Gasteiger charge is -2.34. The van der Waals surface area contributed by atoms with E-state index in [0.717, 1.165) is 25.2 Å². The van der Waals surface area contributed by atoms with Crippen LogP contribution < -0.4 is 0 Å². The lowest BCUT2D eigenvalue weighted by Crippen LogP contribution is -2.48. The number of halogens is 1. The second-order valence-corrected chi connectivity index (χ2v) is 6.94. The van der Waals surface area contributed by atoms with Gasteiger partial charge in [-0.05, 0) is 42.0 Å². The molecule has 0 saturated carbocycles. The van der Waals surface area contributed by atoms with Gasteiger partial charge in [0, 0.05) is 61.8 Å². The minimum absolute atomic E-state index is 0.0949. The molecule has 0 aliphatic carbocycles. The second-order valence-electron chi connectivity index (χ2n) is 6.51. The van der Waals surface area contributed by atoms with E-state index < -0.39 is 0 Å².